The Morgan fingerprint density at radius 1 is 1.14 bits per heavy atom. The molecule has 0 spiro atoms. The number of ether oxygens (including phenoxy) is 1. The molecule has 21 heavy (non-hydrogen) atoms. The van der Waals surface area contributed by atoms with E-state index < -0.39 is 0 Å². The topological polar surface area (TPSA) is 53.3 Å². The van der Waals surface area contributed by atoms with E-state index in [1.165, 1.54) is 0 Å². The number of hydrogen-bond acceptors (Lipinski definition) is 3. The van der Waals surface area contributed by atoms with Gasteiger partial charge in [-0.15, -0.1) is 0 Å². The summed E-state index contributed by atoms with van der Waals surface area (Å²) in [6.07, 6.45) is 0. The molecular formula is C17H14N2O2. The zero-order chi connectivity index (χ0) is 14.7. The van der Waals surface area contributed by atoms with E-state index in [4.69, 9.17) is 10.00 Å². The van der Waals surface area contributed by atoms with Gasteiger partial charge in [0.1, 0.15) is 12.4 Å². The smallest absolute Gasteiger partial charge is 0.258 e. The monoisotopic (exact) mass is 278 g/mol. The van der Waals surface area contributed by atoms with Gasteiger partial charge in [0, 0.05) is 6.54 Å². The molecule has 0 N–H and O–H groups in total. The minimum atomic E-state index is -0.0594. The first-order valence-electron chi connectivity index (χ1n) is 6.78. The maximum absolute atomic E-state index is 12.6. The van der Waals surface area contributed by atoms with Crippen molar-refractivity contribution in [2.45, 2.75) is 6.54 Å². The zero-order valence-electron chi connectivity index (χ0n) is 11.5. The van der Waals surface area contributed by atoms with Crippen molar-refractivity contribution in [3.8, 4) is 11.8 Å². The van der Waals surface area contributed by atoms with E-state index in [2.05, 4.69) is 6.07 Å². The van der Waals surface area contributed by atoms with Crippen LogP contribution in [0.2, 0.25) is 0 Å². The highest BCUT2D eigenvalue weighted by Gasteiger charge is 2.23. The molecule has 2 aromatic carbocycles. The second-order valence-electron chi connectivity index (χ2n) is 4.84. The van der Waals surface area contributed by atoms with Gasteiger partial charge in [-0.3, -0.25) is 4.79 Å². The highest BCUT2D eigenvalue weighted by atomic mass is 16.5. The Morgan fingerprint density at radius 2 is 1.90 bits per heavy atom. The molecule has 0 saturated heterocycles. The fraction of sp³-hybridized carbons (Fsp3) is 0.176. The number of nitrogens with zero attached hydrogens (tertiary/aromatic N) is 2. The number of para-hydroxylation sites is 1. The number of fused-ring (bicyclic) bond motifs is 1. The number of amides is 1. The molecule has 4 nitrogen and oxygen atoms in total. The Labute approximate surface area is 123 Å². The molecule has 0 aliphatic carbocycles. The van der Waals surface area contributed by atoms with Gasteiger partial charge in [0.15, 0.2) is 0 Å². The molecule has 2 aromatic rings. The number of nitriles is 1. The summed E-state index contributed by atoms with van der Waals surface area (Å²) in [4.78, 5) is 14.3. The van der Waals surface area contributed by atoms with Crippen LogP contribution in [0.5, 0.6) is 5.75 Å². The molecule has 0 saturated carbocycles. The van der Waals surface area contributed by atoms with Gasteiger partial charge < -0.3 is 9.64 Å². The summed E-state index contributed by atoms with van der Waals surface area (Å²) in [5.41, 5.74) is 2.03. The molecule has 1 heterocycles. The summed E-state index contributed by atoms with van der Waals surface area (Å²) < 4.78 is 5.62. The van der Waals surface area contributed by atoms with E-state index in [1.807, 2.05) is 30.3 Å². The number of hydrogen-bond donors (Lipinski definition) is 0. The molecule has 1 aliphatic heterocycles. The van der Waals surface area contributed by atoms with Crippen molar-refractivity contribution in [1.82, 2.24) is 4.90 Å². The van der Waals surface area contributed by atoms with Crippen LogP contribution in [0.4, 0.5) is 0 Å². The van der Waals surface area contributed by atoms with Crippen LogP contribution in [0.1, 0.15) is 21.5 Å². The molecule has 104 valence electrons. The SMILES string of the molecule is N#Cc1ccccc1CN1CCOc2ccccc2C1=O. The second-order valence-corrected chi connectivity index (χ2v) is 4.84. The summed E-state index contributed by atoms with van der Waals surface area (Å²) in [7, 11) is 0. The normalized spacial score (nSPS) is 13.9. The van der Waals surface area contributed by atoms with E-state index in [9.17, 15) is 4.79 Å². The average Bonchev–Trinajstić information content (AvgIpc) is 2.68. The molecule has 0 fully saturated rings. The summed E-state index contributed by atoms with van der Waals surface area (Å²) >= 11 is 0. The zero-order valence-corrected chi connectivity index (χ0v) is 11.5. The van der Waals surface area contributed by atoms with Crippen LogP contribution in [-0.4, -0.2) is 24.0 Å². The van der Waals surface area contributed by atoms with Gasteiger partial charge in [-0.2, -0.15) is 5.26 Å². The van der Waals surface area contributed by atoms with Crippen molar-refractivity contribution >= 4 is 5.91 Å². The summed E-state index contributed by atoms with van der Waals surface area (Å²) in [6.45, 7) is 1.38. The third kappa shape index (κ3) is 2.59. The summed E-state index contributed by atoms with van der Waals surface area (Å²) in [5, 5.41) is 9.15. The molecule has 0 unspecified atom stereocenters. The number of rotatable bonds is 2. The fourth-order valence-electron chi connectivity index (χ4n) is 2.43. The lowest BCUT2D eigenvalue weighted by atomic mass is 10.1. The fourth-order valence-corrected chi connectivity index (χ4v) is 2.43. The molecule has 4 heteroatoms. The van der Waals surface area contributed by atoms with Gasteiger partial charge >= 0.3 is 0 Å². The Morgan fingerprint density at radius 3 is 2.76 bits per heavy atom. The lowest BCUT2D eigenvalue weighted by Gasteiger charge is -2.20. The van der Waals surface area contributed by atoms with Crippen LogP contribution in [0.25, 0.3) is 0 Å². The molecule has 0 aromatic heterocycles. The van der Waals surface area contributed by atoms with Gasteiger partial charge in [0.05, 0.1) is 23.7 Å². The Balaban J connectivity index is 1.90. The lowest BCUT2D eigenvalue weighted by molar-refractivity contribution is 0.0743. The maximum Gasteiger partial charge on any atom is 0.258 e. The molecular weight excluding hydrogens is 264 g/mol. The van der Waals surface area contributed by atoms with E-state index in [0.29, 0.717) is 36.6 Å². The van der Waals surface area contributed by atoms with Gasteiger partial charge in [-0.05, 0) is 23.8 Å². The largest absolute Gasteiger partial charge is 0.491 e. The first kappa shape index (κ1) is 13.2. The van der Waals surface area contributed by atoms with E-state index in [1.54, 1.807) is 23.1 Å². The molecule has 0 atom stereocenters. The van der Waals surface area contributed by atoms with E-state index in [0.717, 1.165) is 5.56 Å². The van der Waals surface area contributed by atoms with Crippen LogP contribution < -0.4 is 4.74 Å². The van der Waals surface area contributed by atoms with Crippen LogP contribution >= 0.6 is 0 Å². The van der Waals surface area contributed by atoms with Crippen molar-refractivity contribution in [1.29, 1.82) is 5.26 Å². The molecule has 0 radical (unpaired) electrons. The lowest BCUT2D eigenvalue weighted by Crippen LogP contribution is -2.32. The first-order chi connectivity index (χ1) is 10.3. The van der Waals surface area contributed by atoms with Gasteiger partial charge in [0.25, 0.3) is 5.91 Å². The number of carbonyl (C=O) groups is 1. The van der Waals surface area contributed by atoms with Crippen LogP contribution in [0, 0.1) is 11.3 Å². The van der Waals surface area contributed by atoms with Crippen molar-refractivity contribution in [3.05, 3.63) is 65.2 Å². The van der Waals surface area contributed by atoms with Crippen LogP contribution in [0.3, 0.4) is 0 Å². The number of carbonyl (C=O) groups excluding carboxylic acids is 1. The predicted octanol–water partition coefficient (Wildman–Crippen LogP) is 2.59. The van der Waals surface area contributed by atoms with Crippen molar-refractivity contribution in [3.63, 3.8) is 0 Å². The predicted molar refractivity (Wildman–Crippen MR) is 77.8 cm³/mol. The summed E-state index contributed by atoms with van der Waals surface area (Å²) in [5.74, 6) is 0.564. The Kier molecular flexibility index (Phi) is 3.57. The third-order valence-corrected chi connectivity index (χ3v) is 3.52. The summed E-state index contributed by atoms with van der Waals surface area (Å²) in [6, 6.07) is 16.8. The van der Waals surface area contributed by atoms with Crippen molar-refractivity contribution in [2.24, 2.45) is 0 Å². The van der Waals surface area contributed by atoms with Gasteiger partial charge in [-0.1, -0.05) is 30.3 Å². The maximum atomic E-state index is 12.6. The van der Waals surface area contributed by atoms with Crippen LogP contribution in [0.15, 0.2) is 48.5 Å². The van der Waals surface area contributed by atoms with E-state index in [-0.39, 0.29) is 5.91 Å². The quantitative estimate of drug-likeness (QED) is 0.848. The highest BCUT2D eigenvalue weighted by molar-refractivity contribution is 5.97. The Bertz CT molecular complexity index is 719. The van der Waals surface area contributed by atoms with Crippen LogP contribution in [-0.2, 0) is 6.54 Å². The first-order valence-corrected chi connectivity index (χ1v) is 6.78. The average molecular weight is 278 g/mol. The second kappa shape index (κ2) is 5.68. The molecule has 0 bridgehead atoms. The van der Waals surface area contributed by atoms with E-state index >= 15 is 0 Å². The minimum absolute atomic E-state index is 0.0594. The molecule has 1 aliphatic rings. The highest BCUT2D eigenvalue weighted by Crippen LogP contribution is 2.23. The standard InChI is InChI=1S/C17H14N2O2/c18-11-13-5-1-2-6-14(13)12-19-9-10-21-16-8-4-3-7-15(16)17(19)20/h1-8H,9-10,12H2. The minimum Gasteiger partial charge on any atom is -0.491 e. The van der Waals surface area contributed by atoms with Crippen molar-refractivity contribution < 1.29 is 9.53 Å². The molecule has 1 amide bonds. The van der Waals surface area contributed by atoms with Gasteiger partial charge in [0.2, 0.25) is 0 Å². The number of benzene rings is 2. The third-order valence-electron chi connectivity index (χ3n) is 3.52. The molecule has 3 rings (SSSR count). The van der Waals surface area contributed by atoms with Gasteiger partial charge in [-0.25, -0.2) is 0 Å². The Hall–Kier alpha value is -2.80. The van der Waals surface area contributed by atoms with Crippen molar-refractivity contribution in [2.75, 3.05) is 13.2 Å².